The minimum Gasteiger partial charge on any atom is -0.507 e. The lowest BCUT2D eigenvalue weighted by molar-refractivity contribution is 0.133. The Morgan fingerprint density at radius 1 is 1.24 bits per heavy atom. The molecular formula is C15H24O2. The highest BCUT2D eigenvalue weighted by Gasteiger charge is 2.21. The fourth-order valence-electron chi connectivity index (χ4n) is 2.01. The number of hydrogen-bond donors (Lipinski definition) is 1. The Hall–Kier alpha value is -1.02. The molecule has 0 heterocycles. The highest BCUT2D eigenvalue weighted by molar-refractivity contribution is 5.51. The molecule has 0 spiro atoms. The van der Waals surface area contributed by atoms with Crippen LogP contribution in [0.5, 0.6) is 5.75 Å². The second kappa shape index (κ2) is 5.09. The molecule has 0 bridgehead atoms. The Labute approximate surface area is 105 Å². The van der Waals surface area contributed by atoms with E-state index in [2.05, 4.69) is 33.8 Å². The lowest BCUT2D eigenvalue weighted by Crippen LogP contribution is -2.13. The first-order valence-electron chi connectivity index (χ1n) is 6.19. The summed E-state index contributed by atoms with van der Waals surface area (Å²) in [6.45, 7) is 13.6. The van der Waals surface area contributed by atoms with E-state index in [9.17, 15) is 5.11 Å². The third-order valence-electron chi connectivity index (χ3n) is 3.16. The standard InChI is InChI=1S/C15H24O2/c1-7-17-9-12-10(2)8-13(15(4,5)6)14(16)11(12)3/h8,16H,7,9H2,1-6H3. The average molecular weight is 236 g/mol. The van der Waals surface area contributed by atoms with Crippen molar-refractivity contribution in [3.05, 3.63) is 28.3 Å². The maximum absolute atomic E-state index is 10.3. The third kappa shape index (κ3) is 3.01. The molecule has 1 rings (SSSR count). The molecule has 0 fully saturated rings. The number of phenolic OH excluding ortho intramolecular Hbond substituents is 1. The summed E-state index contributed by atoms with van der Waals surface area (Å²) in [6.07, 6.45) is 0. The highest BCUT2D eigenvalue weighted by Crippen LogP contribution is 2.36. The molecule has 0 unspecified atom stereocenters. The molecule has 0 saturated carbocycles. The first kappa shape index (κ1) is 14.0. The van der Waals surface area contributed by atoms with E-state index in [0.717, 1.165) is 16.7 Å². The van der Waals surface area contributed by atoms with Crippen LogP contribution in [-0.2, 0) is 16.8 Å². The lowest BCUT2D eigenvalue weighted by Gasteiger charge is -2.24. The van der Waals surface area contributed by atoms with Gasteiger partial charge in [-0.3, -0.25) is 0 Å². The largest absolute Gasteiger partial charge is 0.507 e. The van der Waals surface area contributed by atoms with Gasteiger partial charge in [0, 0.05) is 6.61 Å². The zero-order valence-electron chi connectivity index (χ0n) is 11.8. The molecular weight excluding hydrogens is 212 g/mol. The van der Waals surface area contributed by atoms with Crippen molar-refractivity contribution in [3.63, 3.8) is 0 Å². The van der Waals surface area contributed by atoms with Gasteiger partial charge in [0.2, 0.25) is 0 Å². The first-order valence-corrected chi connectivity index (χ1v) is 6.19. The molecule has 0 aromatic heterocycles. The molecule has 0 amide bonds. The zero-order valence-corrected chi connectivity index (χ0v) is 11.8. The quantitative estimate of drug-likeness (QED) is 0.864. The van der Waals surface area contributed by atoms with E-state index in [1.807, 2.05) is 13.8 Å². The van der Waals surface area contributed by atoms with Crippen molar-refractivity contribution >= 4 is 0 Å². The smallest absolute Gasteiger partial charge is 0.122 e. The van der Waals surface area contributed by atoms with Crippen molar-refractivity contribution in [2.24, 2.45) is 0 Å². The van der Waals surface area contributed by atoms with E-state index in [1.54, 1.807) is 0 Å². The Morgan fingerprint density at radius 3 is 2.29 bits per heavy atom. The molecule has 1 aromatic rings. The van der Waals surface area contributed by atoms with Crippen molar-refractivity contribution in [2.75, 3.05) is 6.61 Å². The minimum absolute atomic E-state index is 0.0379. The molecule has 2 heteroatoms. The number of phenols is 1. The number of ether oxygens (including phenoxy) is 1. The molecule has 96 valence electrons. The minimum atomic E-state index is -0.0379. The summed E-state index contributed by atoms with van der Waals surface area (Å²) in [5, 5.41) is 10.3. The normalized spacial score (nSPS) is 11.9. The van der Waals surface area contributed by atoms with Crippen LogP contribution in [0.3, 0.4) is 0 Å². The predicted molar refractivity (Wildman–Crippen MR) is 71.6 cm³/mol. The van der Waals surface area contributed by atoms with Crippen molar-refractivity contribution in [1.82, 2.24) is 0 Å². The van der Waals surface area contributed by atoms with Gasteiger partial charge < -0.3 is 9.84 Å². The van der Waals surface area contributed by atoms with Crippen LogP contribution in [0.1, 0.15) is 49.9 Å². The molecule has 0 atom stereocenters. The van der Waals surface area contributed by atoms with E-state index in [1.165, 1.54) is 5.56 Å². The van der Waals surface area contributed by atoms with Crippen molar-refractivity contribution in [1.29, 1.82) is 0 Å². The van der Waals surface area contributed by atoms with E-state index < -0.39 is 0 Å². The molecule has 0 radical (unpaired) electrons. The van der Waals surface area contributed by atoms with Crippen molar-refractivity contribution in [3.8, 4) is 5.75 Å². The summed E-state index contributed by atoms with van der Waals surface area (Å²) in [5.41, 5.74) is 4.22. The average Bonchev–Trinajstić information content (AvgIpc) is 2.22. The van der Waals surface area contributed by atoms with Crippen LogP contribution in [-0.4, -0.2) is 11.7 Å². The van der Waals surface area contributed by atoms with Gasteiger partial charge in [-0.05, 0) is 48.4 Å². The van der Waals surface area contributed by atoms with Gasteiger partial charge in [-0.25, -0.2) is 0 Å². The van der Waals surface area contributed by atoms with Crippen LogP contribution in [0.4, 0.5) is 0 Å². The summed E-state index contributed by atoms with van der Waals surface area (Å²) in [5.74, 6) is 0.415. The number of aryl methyl sites for hydroxylation is 1. The summed E-state index contributed by atoms with van der Waals surface area (Å²) in [7, 11) is 0. The van der Waals surface area contributed by atoms with Crippen molar-refractivity contribution < 1.29 is 9.84 Å². The van der Waals surface area contributed by atoms with Crippen molar-refractivity contribution in [2.45, 2.75) is 53.6 Å². The Balaban J connectivity index is 3.27. The fraction of sp³-hybridized carbons (Fsp3) is 0.600. The van der Waals surface area contributed by atoms with E-state index in [0.29, 0.717) is 19.0 Å². The predicted octanol–water partition coefficient (Wildman–Crippen LogP) is 3.84. The van der Waals surface area contributed by atoms with Gasteiger partial charge >= 0.3 is 0 Å². The van der Waals surface area contributed by atoms with Crippen LogP contribution in [0.2, 0.25) is 0 Å². The topological polar surface area (TPSA) is 29.5 Å². The molecule has 1 aromatic carbocycles. The Morgan fingerprint density at radius 2 is 1.82 bits per heavy atom. The van der Waals surface area contributed by atoms with Crippen LogP contribution in [0.25, 0.3) is 0 Å². The van der Waals surface area contributed by atoms with Gasteiger partial charge in [0.25, 0.3) is 0 Å². The van der Waals surface area contributed by atoms with Crippen LogP contribution in [0, 0.1) is 13.8 Å². The monoisotopic (exact) mass is 236 g/mol. The number of hydrogen-bond acceptors (Lipinski definition) is 2. The zero-order chi connectivity index (χ0) is 13.2. The highest BCUT2D eigenvalue weighted by atomic mass is 16.5. The van der Waals surface area contributed by atoms with E-state index >= 15 is 0 Å². The van der Waals surface area contributed by atoms with Gasteiger partial charge in [0.15, 0.2) is 0 Å². The van der Waals surface area contributed by atoms with Crippen LogP contribution >= 0.6 is 0 Å². The SMILES string of the molecule is CCOCc1c(C)cc(C(C)(C)C)c(O)c1C. The Kier molecular flexibility index (Phi) is 4.21. The Bertz CT molecular complexity index is 400. The molecule has 1 N–H and O–H groups in total. The lowest BCUT2D eigenvalue weighted by atomic mass is 9.83. The van der Waals surface area contributed by atoms with Gasteiger partial charge in [0.05, 0.1) is 6.61 Å². The molecule has 17 heavy (non-hydrogen) atoms. The second-order valence-electron chi connectivity index (χ2n) is 5.58. The van der Waals surface area contributed by atoms with Gasteiger partial charge in [-0.15, -0.1) is 0 Å². The van der Waals surface area contributed by atoms with Crippen LogP contribution < -0.4 is 0 Å². The van der Waals surface area contributed by atoms with E-state index in [-0.39, 0.29) is 5.41 Å². The second-order valence-corrected chi connectivity index (χ2v) is 5.58. The summed E-state index contributed by atoms with van der Waals surface area (Å²) < 4.78 is 5.45. The van der Waals surface area contributed by atoms with Gasteiger partial charge in [-0.2, -0.15) is 0 Å². The molecule has 0 saturated heterocycles. The number of rotatable bonds is 3. The van der Waals surface area contributed by atoms with Crippen LogP contribution in [0.15, 0.2) is 6.07 Å². The summed E-state index contributed by atoms with van der Waals surface area (Å²) in [6, 6.07) is 2.08. The molecule has 0 aliphatic rings. The van der Waals surface area contributed by atoms with Gasteiger partial charge in [-0.1, -0.05) is 26.8 Å². The van der Waals surface area contributed by atoms with E-state index in [4.69, 9.17) is 4.74 Å². The first-order chi connectivity index (χ1) is 7.79. The fourth-order valence-corrected chi connectivity index (χ4v) is 2.01. The number of benzene rings is 1. The molecule has 2 nitrogen and oxygen atoms in total. The maximum atomic E-state index is 10.3. The maximum Gasteiger partial charge on any atom is 0.122 e. The third-order valence-corrected chi connectivity index (χ3v) is 3.16. The number of aromatic hydroxyl groups is 1. The summed E-state index contributed by atoms with van der Waals surface area (Å²) in [4.78, 5) is 0. The summed E-state index contributed by atoms with van der Waals surface area (Å²) >= 11 is 0. The van der Waals surface area contributed by atoms with Gasteiger partial charge in [0.1, 0.15) is 5.75 Å². The molecule has 0 aliphatic heterocycles. The molecule has 0 aliphatic carbocycles.